The SMILES string of the molecule is C=CC(C)c1ccc(C)cc1O. The molecule has 0 aliphatic heterocycles. The summed E-state index contributed by atoms with van der Waals surface area (Å²) in [5.74, 6) is 0.577. The van der Waals surface area contributed by atoms with Crippen LogP contribution >= 0.6 is 0 Å². The minimum atomic E-state index is 0.214. The largest absolute Gasteiger partial charge is 0.508 e. The van der Waals surface area contributed by atoms with Crippen LogP contribution in [-0.4, -0.2) is 5.11 Å². The van der Waals surface area contributed by atoms with Gasteiger partial charge >= 0.3 is 0 Å². The van der Waals surface area contributed by atoms with Crippen LogP contribution in [0.4, 0.5) is 0 Å². The lowest BCUT2D eigenvalue weighted by molar-refractivity contribution is 0.466. The molecule has 12 heavy (non-hydrogen) atoms. The Morgan fingerprint density at radius 1 is 1.50 bits per heavy atom. The van der Waals surface area contributed by atoms with E-state index < -0.39 is 0 Å². The Bertz CT molecular complexity index is 289. The van der Waals surface area contributed by atoms with Crippen LogP contribution in [0.15, 0.2) is 30.9 Å². The first-order valence-corrected chi connectivity index (χ1v) is 4.07. The van der Waals surface area contributed by atoms with Gasteiger partial charge in [-0.15, -0.1) is 6.58 Å². The number of aryl methyl sites for hydroxylation is 1. The van der Waals surface area contributed by atoms with Crippen molar-refractivity contribution in [3.05, 3.63) is 42.0 Å². The fourth-order valence-electron chi connectivity index (χ4n) is 1.17. The normalized spacial score (nSPS) is 12.5. The summed E-state index contributed by atoms with van der Waals surface area (Å²) in [4.78, 5) is 0. The van der Waals surface area contributed by atoms with Gasteiger partial charge in [-0.05, 0) is 18.6 Å². The molecule has 0 aromatic heterocycles. The first-order chi connectivity index (χ1) is 5.65. The maximum absolute atomic E-state index is 9.55. The molecule has 0 radical (unpaired) electrons. The third kappa shape index (κ3) is 1.67. The zero-order valence-electron chi connectivity index (χ0n) is 7.54. The van der Waals surface area contributed by atoms with Gasteiger partial charge in [0.15, 0.2) is 0 Å². The second kappa shape index (κ2) is 3.44. The Morgan fingerprint density at radius 3 is 2.67 bits per heavy atom. The molecule has 0 saturated carbocycles. The van der Waals surface area contributed by atoms with E-state index in [9.17, 15) is 5.11 Å². The van der Waals surface area contributed by atoms with Crippen LogP contribution in [0.2, 0.25) is 0 Å². The Kier molecular flexibility index (Phi) is 2.54. The molecule has 1 aromatic rings. The summed E-state index contributed by atoms with van der Waals surface area (Å²) in [6, 6.07) is 5.71. The van der Waals surface area contributed by atoms with E-state index in [1.807, 2.05) is 32.1 Å². The Morgan fingerprint density at radius 2 is 2.17 bits per heavy atom. The molecule has 0 heterocycles. The van der Waals surface area contributed by atoms with Gasteiger partial charge in [0.1, 0.15) is 5.75 Å². The van der Waals surface area contributed by atoms with Gasteiger partial charge in [0.05, 0.1) is 0 Å². The van der Waals surface area contributed by atoms with Gasteiger partial charge in [0.2, 0.25) is 0 Å². The number of rotatable bonds is 2. The molecule has 1 atom stereocenters. The second-order valence-corrected chi connectivity index (χ2v) is 3.09. The van der Waals surface area contributed by atoms with Gasteiger partial charge in [0.25, 0.3) is 0 Å². The minimum Gasteiger partial charge on any atom is -0.508 e. The van der Waals surface area contributed by atoms with E-state index in [2.05, 4.69) is 6.58 Å². The lowest BCUT2D eigenvalue weighted by atomic mass is 9.99. The van der Waals surface area contributed by atoms with Crippen LogP contribution in [-0.2, 0) is 0 Å². The molecule has 1 N–H and O–H groups in total. The number of hydrogen-bond acceptors (Lipinski definition) is 1. The molecule has 1 rings (SSSR count). The van der Waals surface area contributed by atoms with E-state index >= 15 is 0 Å². The lowest BCUT2D eigenvalue weighted by Crippen LogP contribution is -1.89. The highest BCUT2D eigenvalue weighted by Gasteiger charge is 2.05. The average molecular weight is 162 g/mol. The molecule has 0 aliphatic rings. The first kappa shape index (κ1) is 8.85. The Balaban J connectivity index is 3.09. The van der Waals surface area contributed by atoms with E-state index in [1.54, 1.807) is 6.07 Å². The van der Waals surface area contributed by atoms with Crippen molar-refractivity contribution < 1.29 is 5.11 Å². The van der Waals surface area contributed by atoms with Crippen molar-refractivity contribution in [2.75, 3.05) is 0 Å². The van der Waals surface area contributed by atoms with Crippen LogP contribution in [0.3, 0.4) is 0 Å². The summed E-state index contributed by atoms with van der Waals surface area (Å²) < 4.78 is 0. The summed E-state index contributed by atoms with van der Waals surface area (Å²) in [6.45, 7) is 7.66. The van der Waals surface area contributed by atoms with Gasteiger partial charge < -0.3 is 5.11 Å². The molecule has 1 nitrogen and oxygen atoms in total. The number of aromatic hydroxyl groups is 1. The predicted molar refractivity (Wildman–Crippen MR) is 51.5 cm³/mol. The van der Waals surface area contributed by atoms with Crippen LogP contribution in [0.5, 0.6) is 5.75 Å². The lowest BCUT2D eigenvalue weighted by Gasteiger charge is -2.08. The van der Waals surface area contributed by atoms with E-state index in [-0.39, 0.29) is 5.92 Å². The van der Waals surface area contributed by atoms with Gasteiger partial charge in [0, 0.05) is 11.5 Å². The summed E-state index contributed by atoms with van der Waals surface area (Å²) >= 11 is 0. The Hall–Kier alpha value is -1.24. The van der Waals surface area contributed by atoms with Gasteiger partial charge in [-0.1, -0.05) is 25.1 Å². The second-order valence-electron chi connectivity index (χ2n) is 3.09. The molecule has 0 spiro atoms. The summed E-state index contributed by atoms with van der Waals surface area (Å²) in [6.07, 6.45) is 1.82. The smallest absolute Gasteiger partial charge is 0.119 e. The average Bonchev–Trinajstić information content (AvgIpc) is 2.03. The third-order valence-electron chi connectivity index (χ3n) is 2.03. The van der Waals surface area contributed by atoms with Crippen LogP contribution in [0.25, 0.3) is 0 Å². The maximum atomic E-state index is 9.55. The summed E-state index contributed by atoms with van der Waals surface area (Å²) in [7, 11) is 0. The van der Waals surface area contributed by atoms with Gasteiger partial charge in [-0.2, -0.15) is 0 Å². The predicted octanol–water partition coefficient (Wildman–Crippen LogP) is 2.99. The van der Waals surface area contributed by atoms with Crippen LogP contribution in [0.1, 0.15) is 24.0 Å². The van der Waals surface area contributed by atoms with Gasteiger partial charge in [-0.3, -0.25) is 0 Å². The molecule has 0 amide bonds. The van der Waals surface area contributed by atoms with E-state index in [1.165, 1.54) is 0 Å². The number of benzene rings is 1. The van der Waals surface area contributed by atoms with Crippen molar-refractivity contribution in [1.29, 1.82) is 0 Å². The molecule has 1 aromatic carbocycles. The zero-order valence-corrected chi connectivity index (χ0v) is 7.54. The quantitative estimate of drug-likeness (QED) is 0.663. The zero-order chi connectivity index (χ0) is 9.14. The topological polar surface area (TPSA) is 20.2 Å². The molecule has 64 valence electrons. The Labute approximate surface area is 73.4 Å². The standard InChI is InChI=1S/C11H14O/c1-4-9(3)10-6-5-8(2)7-11(10)12/h4-7,9,12H,1H2,2-3H3. The van der Waals surface area contributed by atoms with Crippen molar-refractivity contribution in [2.45, 2.75) is 19.8 Å². The van der Waals surface area contributed by atoms with Crippen LogP contribution in [0, 0.1) is 6.92 Å². The molecule has 0 saturated heterocycles. The van der Waals surface area contributed by atoms with Crippen molar-refractivity contribution in [3.8, 4) is 5.75 Å². The maximum Gasteiger partial charge on any atom is 0.119 e. The summed E-state index contributed by atoms with van der Waals surface area (Å²) in [5.41, 5.74) is 2.02. The number of allylic oxidation sites excluding steroid dienone is 1. The molecule has 1 unspecified atom stereocenters. The number of phenols is 1. The fraction of sp³-hybridized carbons (Fsp3) is 0.273. The molecule has 1 heteroatoms. The van der Waals surface area contributed by atoms with E-state index in [4.69, 9.17) is 0 Å². The number of phenolic OH excluding ortho intramolecular Hbond substituents is 1. The van der Waals surface area contributed by atoms with Crippen LogP contribution < -0.4 is 0 Å². The molecular weight excluding hydrogens is 148 g/mol. The van der Waals surface area contributed by atoms with E-state index in [0.29, 0.717) is 5.75 Å². The molecular formula is C11H14O. The third-order valence-corrected chi connectivity index (χ3v) is 2.03. The highest BCUT2D eigenvalue weighted by molar-refractivity contribution is 5.39. The van der Waals surface area contributed by atoms with Crippen molar-refractivity contribution in [3.63, 3.8) is 0 Å². The summed E-state index contributed by atoms with van der Waals surface area (Å²) in [5, 5.41) is 9.55. The fourth-order valence-corrected chi connectivity index (χ4v) is 1.17. The van der Waals surface area contributed by atoms with Crippen molar-refractivity contribution >= 4 is 0 Å². The molecule has 0 bridgehead atoms. The van der Waals surface area contributed by atoms with Gasteiger partial charge in [-0.25, -0.2) is 0 Å². The van der Waals surface area contributed by atoms with Crippen molar-refractivity contribution in [1.82, 2.24) is 0 Å². The molecule has 0 fully saturated rings. The monoisotopic (exact) mass is 162 g/mol. The highest BCUT2D eigenvalue weighted by atomic mass is 16.3. The minimum absolute atomic E-state index is 0.214. The highest BCUT2D eigenvalue weighted by Crippen LogP contribution is 2.26. The van der Waals surface area contributed by atoms with E-state index in [0.717, 1.165) is 11.1 Å². The first-order valence-electron chi connectivity index (χ1n) is 4.07. The van der Waals surface area contributed by atoms with Crippen molar-refractivity contribution in [2.24, 2.45) is 0 Å². The molecule has 0 aliphatic carbocycles. The number of hydrogen-bond donors (Lipinski definition) is 1.